The van der Waals surface area contributed by atoms with E-state index >= 15 is 0 Å². The summed E-state index contributed by atoms with van der Waals surface area (Å²) in [6.45, 7) is 9.16. The number of halogens is 1. The Hall–Kier alpha value is -0.580. The lowest BCUT2D eigenvalue weighted by atomic mass is 9.93. The van der Waals surface area contributed by atoms with Gasteiger partial charge in [0.2, 0.25) is 0 Å². The van der Waals surface area contributed by atoms with Gasteiger partial charge in [-0.25, -0.2) is 0 Å². The zero-order valence-corrected chi connectivity index (χ0v) is 13.5. The number of nitrogens with zero attached hydrogens (tertiary/aromatic N) is 3. The fourth-order valence-corrected chi connectivity index (χ4v) is 3.38. The molecule has 1 aromatic heterocycles. The van der Waals surface area contributed by atoms with Gasteiger partial charge in [0.1, 0.15) is 0 Å². The van der Waals surface area contributed by atoms with E-state index in [1.807, 2.05) is 0 Å². The van der Waals surface area contributed by atoms with Crippen LogP contribution in [0.25, 0.3) is 0 Å². The fraction of sp³-hybridized carbons (Fsp3) is 0.800. The van der Waals surface area contributed by atoms with E-state index in [1.54, 1.807) is 0 Å². The molecule has 0 aliphatic carbocycles. The number of rotatable bonds is 6. The molecule has 1 saturated heterocycles. The minimum absolute atomic E-state index is 0.814. The Labute approximate surface area is 127 Å². The molecule has 1 fully saturated rings. The summed E-state index contributed by atoms with van der Waals surface area (Å²) in [5.41, 5.74) is 7.86. The molecular weight excluding hydrogens is 272 g/mol. The van der Waals surface area contributed by atoms with Crippen LogP contribution >= 0.6 is 11.6 Å². The fourth-order valence-electron chi connectivity index (χ4n) is 3.05. The third kappa shape index (κ3) is 3.54. The molecule has 1 aromatic rings. The van der Waals surface area contributed by atoms with Crippen LogP contribution < -0.4 is 5.73 Å². The van der Waals surface area contributed by atoms with Gasteiger partial charge in [-0.05, 0) is 58.2 Å². The van der Waals surface area contributed by atoms with Crippen LogP contribution in [0.15, 0.2) is 0 Å². The van der Waals surface area contributed by atoms with E-state index in [-0.39, 0.29) is 0 Å². The van der Waals surface area contributed by atoms with Crippen LogP contribution in [0.1, 0.15) is 44.5 Å². The molecule has 2 heterocycles. The molecule has 5 heteroatoms. The molecule has 0 bridgehead atoms. The lowest BCUT2D eigenvalue weighted by molar-refractivity contribution is 0.169. The average Bonchev–Trinajstić information content (AvgIpc) is 2.77. The van der Waals surface area contributed by atoms with Gasteiger partial charge in [0.05, 0.1) is 16.4 Å². The molecule has 0 radical (unpaired) electrons. The van der Waals surface area contributed by atoms with Crippen LogP contribution in [0.3, 0.4) is 0 Å². The van der Waals surface area contributed by atoms with Gasteiger partial charge in [-0.1, -0.05) is 18.5 Å². The summed E-state index contributed by atoms with van der Waals surface area (Å²) >= 11 is 6.48. The smallest absolute Gasteiger partial charge is 0.0863 e. The predicted molar refractivity (Wildman–Crippen MR) is 84.0 cm³/mol. The first-order valence-corrected chi connectivity index (χ1v) is 8.23. The molecule has 1 aliphatic rings. The number of likely N-dealkylation sites (tertiary alicyclic amines) is 1. The topological polar surface area (TPSA) is 47.1 Å². The number of nitrogens with two attached hydrogens (primary N) is 1. The molecule has 114 valence electrons. The summed E-state index contributed by atoms with van der Waals surface area (Å²) in [6, 6.07) is 0. The molecule has 0 aromatic carbocycles. The standard InChI is InChI=1S/C15H27ClN4/c1-3-13-15(16)14(20(4-2)18-13)11-19-9-6-12(5-8-17)7-10-19/h12H,3-11,17H2,1-2H3. The van der Waals surface area contributed by atoms with Crippen LogP contribution in [0.5, 0.6) is 0 Å². The highest BCUT2D eigenvalue weighted by Crippen LogP contribution is 2.26. The van der Waals surface area contributed by atoms with Crippen LogP contribution in [-0.2, 0) is 19.5 Å². The first kappa shape index (κ1) is 15.8. The number of piperidine rings is 1. The SMILES string of the molecule is CCc1nn(CC)c(CN2CCC(CCN)CC2)c1Cl. The normalized spacial score (nSPS) is 17.8. The van der Waals surface area contributed by atoms with Crippen LogP contribution in [0, 0.1) is 5.92 Å². The van der Waals surface area contributed by atoms with Crippen molar-refractivity contribution in [3.63, 3.8) is 0 Å². The van der Waals surface area contributed by atoms with Crippen molar-refractivity contribution < 1.29 is 0 Å². The summed E-state index contributed by atoms with van der Waals surface area (Å²) in [4.78, 5) is 2.50. The summed E-state index contributed by atoms with van der Waals surface area (Å²) < 4.78 is 2.06. The first-order valence-electron chi connectivity index (χ1n) is 7.86. The van der Waals surface area contributed by atoms with Gasteiger partial charge in [-0.2, -0.15) is 5.10 Å². The highest BCUT2D eigenvalue weighted by molar-refractivity contribution is 6.31. The second kappa shape index (κ2) is 7.43. The van der Waals surface area contributed by atoms with E-state index in [1.165, 1.54) is 25.0 Å². The molecule has 2 rings (SSSR count). The van der Waals surface area contributed by atoms with Crippen molar-refractivity contribution >= 4 is 11.6 Å². The maximum atomic E-state index is 6.48. The molecule has 2 N–H and O–H groups in total. The van der Waals surface area contributed by atoms with Gasteiger partial charge in [0.25, 0.3) is 0 Å². The monoisotopic (exact) mass is 298 g/mol. The first-order chi connectivity index (χ1) is 9.69. The number of hydrogen-bond donors (Lipinski definition) is 1. The quantitative estimate of drug-likeness (QED) is 0.878. The van der Waals surface area contributed by atoms with Crippen molar-refractivity contribution in [3.8, 4) is 0 Å². The molecule has 4 nitrogen and oxygen atoms in total. The molecule has 0 saturated carbocycles. The summed E-state index contributed by atoms with van der Waals surface area (Å²) in [5, 5.41) is 5.47. The maximum absolute atomic E-state index is 6.48. The Morgan fingerprint density at radius 2 is 2.00 bits per heavy atom. The van der Waals surface area contributed by atoms with Crippen molar-refractivity contribution in [3.05, 3.63) is 16.4 Å². The van der Waals surface area contributed by atoms with Crippen LogP contribution in [-0.4, -0.2) is 34.3 Å². The van der Waals surface area contributed by atoms with Crippen LogP contribution in [0.4, 0.5) is 0 Å². The van der Waals surface area contributed by atoms with E-state index in [0.717, 1.165) is 55.8 Å². The minimum atomic E-state index is 0.814. The Kier molecular flexibility index (Phi) is 5.87. The largest absolute Gasteiger partial charge is 0.330 e. The lowest BCUT2D eigenvalue weighted by Crippen LogP contribution is -2.34. The van der Waals surface area contributed by atoms with Gasteiger partial charge in [0, 0.05) is 13.1 Å². The van der Waals surface area contributed by atoms with E-state index < -0.39 is 0 Å². The van der Waals surface area contributed by atoms with E-state index in [0.29, 0.717) is 0 Å². The van der Waals surface area contributed by atoms with E-state index in [4.69, 9.17) is 17.3 Å². The van der Waals surface area contributed by atoms with Crippen molar-refractivity contribution in [1.82, 2.24) is 14.7 Å². The second-order valence-electron chi connectivity index (χ2n) is 5.67. The van der Waals surface area contributed by atoms with Gasteiger partial charge in [-0.15, -0.1) is 0 Å². The molecule has 0 atom stereocenters. The predicted octanol–water partition coefficient (Wildman–Crippen LogP) is 2.68. The number of hydrogen-bond acceptors (Lipinski definition) is 3. The highest BCUT2D eigenvalue weighted by Gasteiger charge is 2.22. The van der Waals surface area contributed by atoms with Crippen LogP contribution in [0.2, 0.25) is 5.02 Å². The maximum Gasteiger partial charge on any atom is 0.0863 e. The minimum Gasteiger partial charge on any atom is -0.330 e. The summed E-state index contributed by atoms with van der Waals surface area (Å²) in [5.74, 6) is 0.814. The van der Waals surface area contributed by atoms with Gasteiger partial charge in [-0.3, -0.25) is 9.58 Å². The molecule has 0 unspecified atom stereocenters. The van der Waals surface area contributed by atoms with Crippen molar-refractivity contribution in [2.24, 2.45) is 11.7 Å². The third-order valence-corrected chi connectivity index (χ3v) is 4.79. The zero-order chi connectivity index (χ0) is 14.5. The van der Waals surface area contributed by atoms with Crippen molar-refractivity contribution in [1.29, 1.82) is 0 Å². The van der Waals surface area contributed by atoms with E-state index in [9.17, 15) is 0 Å². The summed E-state index contributed by atoms with van der Waals surface area (Å²) in [6.07, 6.45) is 4.59. The lowest BCUT2D eigenvalue weighted by Gasteiger charge is -2.31. The zero-order valence-electron chi connectivity index (χ0n) is 12.7. The number of aromatic nitrogens is 2. The molecular formula is C15H27ClN4. The molecule has 20 heavy (non-hydrogen) atoms. The second-order valence-corrected chi connectivity index (χ2v) is 6.05. The Morgan fingerprint density at radius 1 is 1.30 bits per heavy atom. The molecule has 0 spiro atoms. The van der Waals surface area contributed by atoms with Gasteiger partial charge in [0.15, 0.2) is 0 Å². The van der Waals surface area contributed by atoms with Gasteiger partial charge >= 0.3 is 0 Å². The highest BCUT2D eigenvalue weighted by atomic mass is 35.5. The molecule has 0 amide bonds. The number of aryl methyl sites for hydroxylation is 2. The van der Waals surface area contributed by atoms with E-state index in [2.05, 4.69) is 28.5 Å². The molecule has 1 aliphatic heterocycles. The Bertz CT molecular complexity index is 422. The van der Waals surface area contributed by atoms with Gasteiger partial charge < -0.3 is 5.73 Å². The average molecular weight is 299 g/mol. The van der Waals surface area contributed by atoms with Crippen molar-refractivity contribution in [2.75, 3.05) is 19.6 Å². The Balaban J connectivity index is 1.99. The summed E-state index contributed by atoms with van der Waals surface area (Å²) in [7, 11) is 0. The third-order valence-electron chi connectivity index (χ3n) is 4.35. The van der Waals surface area contributed by atoms with Crippen molar-refractivity contribution in [2.45, 2.75) is 52.6 Å². The Morgan fingerprint density at radius 3 is 2.55 bits per heavy atom.